The van der Waals surface area contributed by atoms with Gasteiger partial charge >= 0.3 is 12.0 Å². The summed E-state index contributed by atoms with van der Waals surface area (Å²) in [5.41, 5.74) is 1.07. The minimum Gasteiger partial charge on any atom is -0.462 e. The number of nitrogens with zero attached hydrogens (tertiary/aromatic N) is 3. The molecule has 8 heteroatoms. The van der Waals surface area contributed by atoms with Crippen LogP contribution in [0.4, 0.5) is 10.5 Å². The maximum atomic E-state index is 12.7. The van der Waals surface area contributed by atoms with Crippen LogP contribution in [-0.4, -0.2) is 52.6 Å². The monoisotopic (exact) mass is 368 g/mol. The van der Waals surface area contributed by atoms with Crippen LogP contribution in [0, 0.1) is 0 Å². The summed E-state index contributed by atoms with van der Waals surface area (Å²) in [6.45, 7) is 2.85. The van der Waals surface area contributed by atoms with E-state index in [-0.39, 0.29) is 18.2 Å². The van der Waals surface area contributed by atoms with Crippen molar-refractivity contribution < 1.29 is 19.1 Å². The summed E-state index contributed by atoms with van der Waals surface area (Å²) in [4.78, 5) is 41.1. The second kappa shape index (κ2) is 8.31. The molecule has 0 bridgehead atoms. The van der Waals surface area contributed by atoms with Crippen molar-refractivity contribution in [2.75, 3.05) is 25.0 Å². The lowest BCUT2D eigenvalue weighted by molar-refractivity contribution is 0.0398. The number of rotatable bonds is 4. The van der Waals surface area contributed by atoms with Gasteiger partial charge in [-0.2, -0.15) is 0 Å². The van der Waals surface area contributed by atoms with Crippen molar-refractivity contribution in [3.05, 3.63) is 59.9 Å². The Labute approximate surface area is 156 Å². The summed E-state index contributed by atoms with van der Waals surface area (Å²) < 4.78 is 4.96. The number of pyridine rings is 1. The summed E-state index contributed by atoms with van der Waals surface area (Å²) in [7, 11) is 0. The summed E-state index contributed by atoms with van der Waals surface area (Å²) in [6, 6.07) is 11.1. The third-order valence-corrected chi connectivity index (χ3v) is 4.01. The summed E-state index contributed by atoms with van der Waals surface area (Å²) in [5.74, 6) is -0.787. The van der Waals surface area contributed by atoms with E-state index >= 15 is 0 Å². The molecular weight excluding hydrogens is 348 g/mol. The lowest BCUT2D eigenvalue weighted by Crippen LogP contribution is -2.47. The number of esters is 1. The van der Waals surface area contributed by atoms with Gasteiger partial charge in [-0.1, -0.05) is 12.1 Å². The molecule has 140 valence electrons. The topological polar surface area (TPSA) is 91.8 Å². The molecule has 0 spiro atoms. The minimum atomic E-state index is -0.457. The Hall–Kier alpha value is -3.42. The highest BCUT2D eigenvalue weighted by atomic mass is 16.5. The number of carbonyl (C=O) groups excluding carboxylic acids is 3. The van der Waals surface area contributed by atoms with Crippen LogP contribution in [0.1, 0.15) is 34.2 Å². The molecule has 2 heterocycles. The molecule has 1 aliphatic heterocycles. The molecule has 3 amide bonds. The van der Waals surface area contributed by atoms with Crippen molar-refractivity contribution in [3.63, 3.8) is 0 Å². The van der Waals surface area contributed by atoms with E-state index in [1.165, 1.54) is 22.3 Å². The van der Waals surface area contributed by atoms with Crippen LogP contribution in [0.5, 0.6) is 0 Å². The van der Waals surface area contributed by atoms with Gasteiger partial charge in [0, 0.05) is 25.0 Å². The average Bonchev–Trinajstić information content (AvgIpc) is 3.18. The third-order valence-electron chi connectivity index (χ3n) is 4.01. The van der Waals surface area contributed by atoms with Crippen molar-refractivity contribution in [2.45, 2.75) is 13.3 Å². The lowest BCUT2D eigenvalue weighted by atomic mass is 10.2. The molecule has 1 saturated heterocycles. The highest BCUT2D eigenvalue weighted by molar-refractivity contribution is 5.97. The van der Waals surface area contributed by atoms with Gasteiger partial charge in [-0.05, 0) is 43.7 Å². The molecule has 1 fully saturated rings. The van der Waals surface area contributed by atoms with Gasteiger partial charge in [0.05, 0.1) is 12.2 Å². The predicted octanol–water partition coefficient (Wildman–Crippen LogP) is 2.55. The molecule has 1 aliphatic rings. The van der Waals surface area contributed by atoms with E-state index in [2.05, 4.69) is 10.3 Å². The number of benzene rings is 1. The molecule has 2 aromatic rings. The Morgan fingerprint density at radius 2 is 1.93 bits per heavy atom. The maximum Gasteiger partial charge on any atom is 0.340 e. The summed E-state index contributed by atoms with van der Waals surface area (Å²) >= 11 is 0. The van der Waals surface area contributed by atoms with Crippen molar-refractivity contribution >= 4 is 23.6 Å². The van der Waals surface area contributed by atoms with Crippen LogP contribution >= 0.6 is 0 Å². The number of hydrogen-bond acceptors (Lipinski definition) is 5. The number of carbonyl (C=O) groups is 3. The molecule has 1 aromatic carbocycles. The standard InChI is InChI=1S/C19H20N4O4/c1-2-27-18(25)14-7-5-8-15(13-14)21-19(26)23-12-6-11-22(23)17(24)16-9-3-4-10-20-16/h3-5,7-10,13H,2,6,11-12H2,1H3,(H,21,26). The number of urea groups is 1. The van der Waals surface area contributed by atoms with Crippen LogP contribution in [0.25, 0.3) is 0 Å². The fraction of sp³-hybridized carbons (Fsp3) is 0.263. The zero-order valence-electron chi connectivity index (χ0n) is 14.9. The van der Waals surface area contributed by atoms with Gasteiger partial charge in [-0.25, -0.2) is 19.6 Å². The van der Waals surface area contributed by atoms with Crippen LogP contribution in [0.15, 0.2) is 48.7 Å². The van der Waals surface area contributed by atoms with E-state index in [0.717, 1.165) is 0 Å². The highest BCUT2D eigenvalue weighted by Crippen LogP contribution is 2.17. The smallest absolute Gasteiger partial charge is 0.340 e. The number of ether oxygens (including phenoxy) is 1. The van der Waals surface area contributed by atoms with Crippen molar-refractivity contribution in [3.8, 4) is 0 Å². The number of anilines is 1. The van der Waals surface area contributed by atoms with Crippen molar-refractivity contribution in [1.82, 2.24) is 15.0 Å². The van der Waals surface area contributed by atoms with Gasteiger partial charge in [0.25, 0.3) is 5.91 Å². The second-order valence-corrected chi connectivity index (χ2v) is 5.85. The first-order valence-electron chi connectivity index (χ1n) is 8.68. The quantitative estimate of drug-likeness (QED) is 0.838. The van der Waals surface area contributed by atoms with Crippen LogP contribution < -0.4 is 5.32 Å². The van der Waals surface area contributed by atoms with Gasteiger partial charge in [-0.15, -0.1) is 0 Å². The van der Waals surface area contributed by atoms with E-state index in [4.69, 9.17) is 4.74 Å². The Kier molecular flexibility index (Phi) is 5.65. The molecule has 0 aliphatic carbocycles. The third kappa shape index (κ3) is 4.22. The molecule has 0 unspecified atom stereocenters. The molecule has 8 nitrogen and oxygen atoms in total. The van der Waals surface area contributed by atoms with E-state index in [1.54, 1.807) is 43.3 Å². The SMILES string of the molecule is CCOC(=O)c1cccc(NC(=O)N2CCCN2C(=O)c2ccccn2)c1. The molecular formula is C19H20N4O4. The van der Waals surface area contributed by atoms with Crippen LogP contribution in [-0.2, 0) is 4.74 Å². The first kappa shape index (κ1) is 18.4. The number of amides is 3. The van der Waals surface area contributed by atoms with Crippen LogP contribution in [0.2, 0.25) is 0 Å². The fourth-order valence-electron chi connectivity index (χ4n) is 2.78. The number of hydrazine groups is 1. The highest BCUT2D eigenvalue weighted by Gasteiger charge is 2.32. The Balaban J connectivity index is 1.71. The Morgan fingerprint density at radius 3 is 2.67 bits per heavy atom. The molecule has 0 atom stereocenters. The van der Waals surface area contributed by atoms with E-state index in [9.17, 15) is 14.4 Å². The largest absolute Gasteiger partial charge is 0.462 e. The van der Waals surface area contributed by atoms with Crippen LogP contribution in [0.3, 0.4) is 0 Å². The predicted molar refractivity (Wildman–Crippen MR) is 98.0 cm³/mol. The summed E-state index contributed by atoms with van der Waals surface area (Å²) in [5, 5.41) is 5.46. The van der Waals surface area contributed by atoms with Crippen molar-refractivity contribution in [2.24, 2.45) is 0 Å². The van der Waals surface area contributed by atoms with Crippen molar-refractivity contribution in [1.29, 1.82) is 0 Å². The number of aromatic nitrogens is 1. The van der Waals surface area contributed by atoms with Gasteiger partial charge < -0.3 is 10.1 Å². The molecule has 3 rings (SSSR count). The lowest BCUT2D eigenvalue weighted by Gasteiger charge is -2.27. The van der Waals surface area contributed by atoms with Gasteiger partial charge in [-0.3, -0.25) is 9.78 Å². The summed E-state index contributed by atoms with van der Waals surface area (Å²) in [6.07, 6.45) is 2.21. The molecule has 1 N–H and O–H groups in total. The van der Waals surface area contributed by atoms with Gasteiger partial charge in [0.15, 0.2) is 0 Å². The molecule has 1 aromatic heterocycles. The molecule has 0 saturated carbocycles. The molecule has 27 heavy (non-hydrogen) atoms. The average molecular weight is 368 g/mol. The molecule has 0 radical (unpaired) electrons. The minimum absolute atomic E-state index is 0.272. The zero-order valence-corrected chi connectivity index (χ0v) is 14.9. The number of hydrogen-bond donors (Lipinski definition) is 1. The number of nitrogens with one attached hydrogen (secondary N) is 1. The Bertz CT molecular complexity index is 841. The Morgan fingerprint density at radius 1 is 1.11 bits per heavy atom. The second-order valence-electron chi connectivity index (χ2n) is 5.85. The van der Waals surface area contributed by atoms with Gasteiger partial charge in [0.1, 0.15) is 5.69 Å². The normalized spacial score (nSPS) is 13.4. The first-order chi connectivity index (χ1) is 13.1. The maximum absolute atomic E-state index is 12.7. The fourth-order valence-corrected chi connectivity index (χ4v) is 2.78. The van der Waals surface area contributed by atoms with E-state index < -0.39 is 12.0 Å². The van der Waals surface area contributed by atoms with E-state index in [0.29, 0.717) is 30.8 Å². The van der Waals surface area contributed by atoms with Gasteiger partial charge in [0.2, 0.25) is 0 Å². The first-order valence-corrected chi connectivity index (χ1v) is 8.68. The zero-order chi connectivity index (χ0) is 19.2. The van der Waals surface area contributed by atoms with E-state index in [1.807, 2.05) is 0 Å².